The van der Waals surface area contributed by atoms with Gasteiger partial charge in [0.2, 0.25) is 0 Å². The van der Waals surface area contributed by atoms with Crippen molar-refractivity contribution >= 4 is 0 Å². The molecule has 0 amide bonds. The van der Waals surface area contributed by atoms with Crippen LogP contribution in [0.1, 0.15) is 27.2 Å². The summed E-state index contributed by atoms with van der Waals surface area (Å²) < 4.78 is 5.32. The minimum atomic E-state index is 0.617. The van der Waals surface area contributed by atoms with Crippen molar-refractivity contribution in [2.45, 2.75) is 33.2 Å². The van der Waals surface area contributed by atoms with E-state index in [1.165, 1.54) is 6.42 Å². The predicted octanol–water partition coefficient (Wildman–Crippen LogP) is 1.34. The molecule has 1 atom stereocenters. The lowest BCUT2D eigenvalue weighted by atomic mass is 10.2. The Labute approximate surface area is 88.8 Å². The van der Waals surface area contributed by atoms with Crippen molar-refractivity contribution in [2.24, 2.45) is 0 Å². The molecular formula is C11H26N2O. The number of nitrogens with zero attached hydrogens (tertiary/aromatic N) is 1. The first-order valence-corrected chi connectivity index (χ1v) is 5.74. The van der Waals surface area contributed by atoms with E-state index in [0.717, 1.165) is 32.8 Å². The van der Waals surface area contributed by atoms with E-state index in [2.05, 4.69) is 31.1 Å². The summed E-state index contributed by atoms with van der Waals surface area (Å²) in [7, 11) is 2.15. The fourth-order valence-electron chi connectivity index (χ4n) is 1.46. The lowest BCUT2D eigenvalue weighted by Crippen LogP contribution is -2.40. The Morgan fingerprint density at radius 3 is 2.50 bits per heavy atom. The molecule has 86 valence electrons. The zero-order valence-corrected chi connectivity index (χ0v) is 10.2. The monoisotopic (exact) mass is 202 g/mol. The summed E-state index contributed by atoms with van der Waals surface area (Å²) in [4.78, 5) is 2.33. The molecule has 1 unspecified atom stereocenters. The van der Waals surface area contributed by atoms with Crippen LogP contribution in [0.5, 0.6) is 0 Å². The number of hydrogen-bond acceptors (Lipinski definition) is 3. The van der Waals surface area contributed by atoms with Gasteiger partial charge in [0.25, 0.3) is 0 Å². The van der Waals surface area contributed by atoms with Crippen molar-refractivity contribution in [1.29, 1.82) is 0 Å². The molecule has 3 nitrogen and oxygen atoms in total. The molecule has 0 saturated carbocycles. The van der Waals surface area contributed by atoms with Crippen LogP contribution < -0.4 is 5.32 Å². The van der Waals surface area contributed by atoms with Gasteiger partial charge in [0, 0.05) is 25.7 Å². The number of nitrogens with one attached hydrogen (secondary N) is 1. The average molecular weight is 202 g/mol. The molecule has 14 heavy (non-hydrogen) atoms. The van der Waals surface area contributed by atoms with Gasteiger partial charge in [0.15, 0.2) is 0 Å². The molecule has 0 bridgehead atoms. The molecule has 0 saturated heterocycles. The maximum absolute atomic E-state index is 5.32. The normalized spacial score (nSPS) is 13.5. The van der Waals surface area contributed by atoms with Gasteiger partial charge in [-0.25, -0.2) is 0 Å². The molecule has 0 aliphatic carbocycles. The first kappa shape index (κ1) is 13.9. The van der Waals surface area contributed by atoms with Gasteiger partial charge >= 0.3 is 0 Å². The van der Waals surface area contributed by atoms with Gasteiger partial charge in [0.05, 0.1) is 6.61 Å². The summed E-state index contributed by atoms with van der Waals surface area (Å²) in [5.41, 5.74) is 0. The summed E-state index contributed by atoms with van der Waals surface area (Å²) in [6.07, 6.45) is 1.19. The van der Waals surface area contributed by atoms with E-state index in [1.807, 2.05) is 6.92 Å². The van der Waals surface area contributed by atoms with E-state index >= 15 is 0 Å². The Hall–Kier alpha value is -0.120. The molecule has 0 heterocycles. The highest BCUT2D eigenvalue weighted by molar-refractivity contribution is 4.67. The third-order valence-electron chi connectivity index (χ3n) is 2.34. The van der Waals surface area contributed by atoms with Gasteiger partial charge in [-0.15, -0.1) is 0 Å². The first-order valence-electron chi connectivity index (χ1n) is 5.74. The highest BCUT2D eigenvalue weighted by Crippen LogP contribution is 1.94. The second-order valence-electron chi connectivity index (χ2n) is 3.62. The number of likely N-dealkylation sites (N-methyl/N-ethyl adjacent to an activating group) is 2. The second kappa shape index (κ2) is 9.44. The number of hydrogen-bond donors (Lipinski definition) is 1. The Kier molecular flexibility index (Phi) is 9.35. The van der Waals surface area contributed by atoms with E-state index in [0.29, 0.717) is 6.04 Å². The van der Waals surface area contributed by atoms with Crippen LogP contribution in [0.2, 0.25) is 0 Å². The minimum absolute atomic E-state index is 0.617. The van der Waals surface area contributed by atoms with E-state index in [4.69, 9.17) is 4.74 Å². The molecule has 0 fully saturated rings. The van der Waals surface area contributed by atoms with Gasteiger partial charge in [-0.3, -0.25) is 0 Å². The van der Waals surface area contributed by atoms with Crippen molar-refractivity contribution in [3.8, 4) is 0 Å². The SMILES string of the molecule is CCNC(CC)CN(C)CCOCC. The molecule has 0 radical (unpaired) electrons. The zero-order valence-electron chi connectivity index (χ0n) is 10.2. The quantitative estimate of drug-likeness (QED) is 0.571. The smallest absolute Gasteiger partial charge is 0.0593 e. The fraction of sp³-hybridized carbons (Fsp3) is 1.00. The van der Waals surface area contributed by atoms with Crippen LogP contribution in [0.3, 0.4) is 0 Å². The van der Waals surface area contributed by atoms with Crippen LogP contribution >= 0.6 is 0 Å². The first-order chi connectivity index (χ1) is 6.74. The largest absolute Gasteiger partial charge is 0.380 e. The minimum Gasteiger partial charge on any atom is -0.380 e. The van der Waals surface area contributed by atoms with Crippen molar-refractivity contribution < 1.29 is 4.74 Å². The molecule has 0 aromatic heterocycles. The molecule has 0 aromatic carbocycles. The molecule has 1 N–H and O–H groups in total. The summed E-state index contributed by atoms with van der Waals surface area (Å²) in [5.74, 6) is 0. The lowest BCUT2D eigenvalue weighted by molar-refractivity contribution is 0.118. The lowest BCUT2D eigenvalue weighted by Gasteiger charge is -2.23. The van der Waals surface area contributed by atoms with E-state index in [1.54, 1.807) is 0 Å². The van der Waals surface area contributed by atoms with Crippen LogP contribution in [0.15, 0.2) is 0 Å². The molecule has 0 spiro atoms. The van der Waals surface area contributed by atoms with Crippen molar-refractivity contribution in [3.63, 3.8) is 0 Å². The van der Waals surface area contributed by atoms with Gasteiger partial charge in [-0.2, -0.15) is 0 Å². The van der Waals surface area contributed by atoms with E-state index < -0.39 is 0 Å². The highest BCUT2D eigenvalue weighted by Gasteiger charge is 2.07. The Balaban J connectivity index is 3.51. The molecular weight excluding hydrogens is 176 g/mol. The Morgan fingerprint density at radius 1 is 1.29 bits per heavy atom. The van der Waals surface area contributed by atoms with E-state index in [9.17, 15) is 0 Å². The van der Waals surface area contributed by atoms with Crippen LogP contribution in [-0.4, -0.2) is 50.8 Å². The van der Waals surface area contributed by atoms with Crippen molar-refractivity contribution in [2.75, 3.05) is 39.9 Å². The van der Waals surface area contributed by atoms with Gasteiger partial charge in [-0.1, -0.05) is 13.8 Å². The van der Waals surface area contributed by atoms with Crippen molar-refractivity contribution in [1.82, 2.24) is 10.2 Å². The summed E-state index contributed by atoms with van der Waals surface area (Å²) in [5, 5.41) is 3.47. The van der Waals surface area contributed by atoms with Gasteiger partial charge in [-0.05, 0) is 26.9 Å². The molecule has 0 aliphatic rings. The summed E-state index contributed by atoms with van der Waals surface area (Å²) >= 11 is 0. The maximum atomic E-state index is 5.32. The van der Waals surface area contributed by atoms with Crippen molar-refractivity contribution in [3.05, 3.63) is 0 Å². The number of rotatable bonds is 9. The molecule has 3 heteroatoms. The Bertz CT molecular complexity index is 120. The third-order valence-corrected chi connectivity index (χ3v) is 2.34. The highest BCUT2D eigenvalue weighted by atomic mass is 16.5. The second-order valence-corrected chi connectivity index (χ2v) is 3.62. The summed E-state index contributed by atoms with van der Waals surface area (Å²) in [6.45, 7) is 11.3. The van der Waals surface area contributed by atoms with Gasteiger partial charge < -0.3 is 15.0 Å². The zero-order chi connectivity index (χ0) is 10.8. The molecule has 0 aromatic rings. The predicted molar refractivity (Wildman–Crippen MR) is 61.7 cm³/mol. The standard InChI is InChI=1S/C11H26N2O/c1-5-11(12-6-2)10-13(4)8-9-14-7-3/h11-12H,5-10H2,1-4H3. The van der Waals surface area contributed by atoms with Crippen LogP contribution in [-0.2, 0) is 4.74 Å². The Morgan fingerprint density at radius 2 is 2.00 bits per heavy atom. The fourth-order valence-corrected chi connectivity index (χ4v) is 1.46. The van der Waals surface area contributed by atoms with Gasteiger partial charge in [0.1, 0.15) is 0 Å². The third kappa shape index (κ3) is 7.30. The molecule has 0 rings (SSSR count). The average Bonchev–Trinajstić information content (AvgIpc) is 2.17. The van der Waals surface area contributed by atoms with Crippen LogP contribution in [0, 0.1) is 0 Å². The summed E-state index contributed by atoms with van der Waals surface area (Å²) in [6, 6.07) is 0.617. The topological polar surface area (TPSA) is 24.5 Å². The molecule has 0 aliphatic heterocycles. The number of ether oxygens (including phenoxy) is 1. The van der Waals surface area contributed by atoms with Crippen LogP contribution in [0.4, 0.5) is 0 Å². The maximum Gasteiger partial charge on any atom is 0.0593 e. The van der Waals surface area contributed by atoms with Crippen LogP contribution in [0.25, 0.3) is 0 Å². The van der Waals surface area contributed by atoms with E-state index in [-0.39, 0.29) is 0 Å².